The van der Waals surface area contributed by atoms with Gasteiger partial charge in [0.1, 0.15) is 12.4 Å². The number of benzene rings is 2. The zero-order valence-electron chi connectivity index (χ0n) is 10.7. The Morgan fingerprint density at radius 1 is 1.10 bits per heavy atom. The van der Waals surface area contributed by atoms with E-state index in [1.165, 1.54) is 0 Å². The minimum absolute atomic E-state index is 0.493. The molecule has 3 nitrogen and oxygen atoms in total. The highest BCUT2D eigenvalue weighted by Gasteiger charge is 2.03. The van der Waals surface area contributed by atoms with Gasteiger partial charge in [-0.1, -0.05) is 12.1 Å². The largest absolute Gasteiger partial charge is 0.488 e. The molecular weight excluding hydrogens is 316 g/mol. The molecule has 0 aliphatic carbocycles. The lowest BCUT2D eigenvalue weighted by molar-refractivity contribution is 0.304. The zero-order valence-corrected chi connectivity index (χ0v) is 12.3. The smallest absolute Gasteiger partial charge is 0.136 e. The van der Waals surface area contributed by atoms with Crippen molar-refractivity contribution in [2.75, 3.05) is 5.73 Å². The van der Waals surface area contributed by atoms with E-state index in [0.29, 0.717) is 12.3 Å². The molecule has 0 fully saturated rings. The van der Waals surface area contributed by atoms with Crippen molar-refractivity contribution in [1.29, 1.82) is 0 Å². The van der Waals surface area contributed by atoms with Crippen molar-refractivity contribution in [1.82, 2.24) is 4.98 Å². The number of nitrogens with two attached hydrogens (primary N) is 1. The van der Waals surface area contributed by atoms with Crippen LogP contribution in [0, 0.1) is 0 Å². The highest BCUT2D eigenvalue weighted by Crippen LogP contribution is 2.28. The zero-order chi connectivity index (χ0) is 13.9. The summed E-state index contributed by atoms with van der Waals surface area (Å²) in [7, 11) is 0. The molecule has 0 saturated heterocycles. The van der Waals surface area contributed by atoms with Crippen LogP contribution in [-0.4, -0.2) is 4.98 Å². The fourth-order valence-corrected chi connectivity index (χ4v) is 2.37. The molecule has 20 heavy (non-hydrogen) atoms. The Bertz CT molecular complexity index is 758. The maximum atomic E-state index is 5.81. The Kier molecular flexibility index (Phi) is 3.56. The van der Waals surface area contributed by atoms with Crippen LogP contribution in [0.5, 0.6) is 5.75 Å². The monoisotopic (exact) mass is 328 g/mol. The van der Waals surface area contributed by atoms with E-state index in [1.54, 1.807) is 6.20 Å². The second kappa shape index (κ2) is 5.51. The van der Waals surface area contributed by atoms with Crippen molar-refractivity contribution in [2.45, 2.75) is 6.61 Å². The summed E-state index contributed by atoms with van der Waals surface area (Å²) in [5.41, 5.74) is 8.53. The first kappa shape index (κ1) is 12.9. The Balaban J connectivity index is 1.81. The van der Waals surface area contributed by atoms with E-state index >= 15 is 0 Å². The first-order chi connectivity index (χ1) is 9.72. The van der Waals surface area contributed by atoms with Crippen LogP contribution in [0.25, 0.3) is 10.9 Å². The van der Waals surface area contributed by atoms with Crippen molar-refractivity contribution >= 4 is 32.5 Å². The summed E-state index contributed by atoms with van der Waals surface area (Å²) >= 11 is 3.45. The quantitative estimate of drug-likeness (QED) is 0.734. The highest BCUT2D eigenvalue weighted by molar-refractivity contribution is 9.10. The first-order valence-corrected chi connectivity index (χ1v) is 7.03. The molecule has 0 bridgehead atoms. The van der Waals surface area contributed by atoms with Gasteiger partial charge in [-0.2, -0.15) is 0 Å². The molecule has 100 valence electrons. The first-order valence-electron chi connectivity index (χ1n) is 6.24. The predicted octanol–water partition coefficient (Wildman–Crippen LogP) is 4.16. The van der Waals surface area contributed by atoms with Crippen LogP contribution in [-0.2, 0) is 6.61 Å². The van der Waals surface area contributed by atoms with E-state index in [-0.39, 0.29) is 0 Å². The van der Waals surface area contributed by atoms with Gasteiger partial charge in [-0.3, -0.25) is 4.98 Å². The van der Waals surface area contributed by atoms with Gasteiger partial charge in [0.2, 0.25) is 0 Å². The molecule has 1 heterocycles. The van der Waals surface area contributed by atoms with Crippen LogP contribution in [0.3, 0.4) is 0 Å². The molecule has 0 aliphatic rings. The number of hydrogen-bond acceptors (Lipinski definition) is 3. The summed E-state index contributed by atoms with van der Waals surface area (Å²) in [6, 6.07) is 15.6. The van der Waals surface area contributed by atoms with E-state index in [9.17, 15) is 0 Å². The van der Waals surface area contributed by atoms with Gasteiger partial charge in [0.15, 0.2) is 0 Å². The number of nitrogen functional groups attached to an aromatic ring is 1. The van der Waals surface area contributed by atoms with E-state index in [0.717, 1.165) is 26.7 Å². The summed E-state index contributed by atoms with van der Waals surface area (Å²) in [6.45, 7) is 0.493. The van der Waals surface area contributed by atoms with Crippen molar-refractivity contribution in [3.8, 4) is 5.75 Å². The number of aromatic nitrogens is 1. The second-order valence-corrected chi connectivity index (χ2v) is 5.36. The van der Waals surface area contributed by atoms with E-state index in [2.05, 4.69) is 27.0 Å². The third-order valence-electron chi connectivity index (χ3n) is 3.02. The van der Waals surface area contributed by atoms with Crippen LogP contribution in [0.4, 0.5) is 5.69 Å². The molecule has 2 aromatic carbocycles. The molecule has 0 spiro atoms. The molecule has 4 heteroatoms. The van der Waals surface area contributed by atoms with Gasteiger partial charge < -0.3 is 10.5 Å². The Hall–Kier alpha value is -2.07. The van der Waals surface area contributed by atoms with Crippen LogP contribution < -0.4 is 10.5 Å². The average Bonchev–Trinajstić information content (AvgIpc) is 2.48. The maximum absolute atomic E-state index is 5.81. The lowest BCUT2D eigenvalue weighted by atomic mass is 10.1. The van der Waals surface area contributed by atoms with Gasteiger partial charge in [0, 0.05) is 23.3 Å². The molecule has 0 amide bonds. The molecule has 0 unspecified atom stereocenters. The van der Waals surface area contributed by atoms with Gasteiger partial charge >= 0.3 is 0 Å². The highest BCUT2D eigenvalue weighted by atomic mass is 79.9. The van der Waals surface area contributed by atoms with Crippen molar-refractivity contribution in [3.63, 3.8) is 0 Å². The fraction of sp³-hybridized carbons (Fsp3) is 0.0625. The van der Waals surface area contributed by atoms with E-state index in [4.69, 9.17) is 10.5 Å². The van der Waals surface area contributed by atoms with Gasteiger partial charge in [0.05, 0.1) is 9.99 Å². The van der Waals surface area contributed by atoms with Crippen LogP contribution in [0.15, 0.2) is 59.2 Å². The third kappa shape index (κ3) is 2.75. The molecule has 3 aromatic rings. The Morgan fingerprint density at radius 2 is 2.00 bits per heavy atom. The number of rotatable bonds is 3. The van der Waals surface area contributed by atoms with Crippen molar-refractivity contribution in [3.05, 3.63) is 64.8 Å². The van der Waals surface area contributed by atoms with Crippen LogP contribution in [0.1, 0.15) is 5.56 Å². The molecule has 2 N–H and O–H groups in total. The molecule has 0 atom stereocenters. The molecule has 3 rings (SSSR count). The number of ether oxygens (including phenoxy) is 1. The number of pyridine rings is 1. The molecule has 0 aliphatic heterocycles. The Labute approximate surface area is 125 Å². The van der Waals surface area contributed by atoms with Gasteiger partial charge in [-0.25, -0.2) is 0 Å². The standard InChI is InChI=1S/C16H13BrN2O/c17-14-5-4-13(18)9-16(14)20-10-11-3-6-15-12(8-11)2-1-7-19-15/h1-9H,10,18H2. The van der Waals surface area contributed by atoms with E-state index in [1.807, 2.05) is 42.5 Å². The van der Waals surface area contributed by atoms with Crippen molar-refractivity contribution in [2.24, 2.45) is 0 Å². The normalized spacial score (nSPS) is 10.7. The minimum atomic E-state index is 0.493. The average molecular weight is 329 g/mol. The summed E-state index contributed by atoms with van der Waals surface area (Å²) < 4.78 is 6.70. The van der Waals surface area contributed by atoms with Gasteiger partial charge in [-0.15, -0.1) is 0 Å². The SMILES string of the molecule is Nc1ccc(Br)c(OCc2ccc3ncccc3c2)c1. The predicted molar refractivity (Wildman–Crippen MR) is 84.6 cm³/mol. The maximum Gasteiger partial charge on any atom is 0.136 e. The third-order valence-corrected chi connectivity index (χ3v) is 3.67. The minimum Gasteiger partial charge on any atom is -0.488 e. The number of hydrogen-bond donors (Lipinski definition) is 1. The molecule has 0 saturated carbocycles. The Morgan fingerprint density at radius 3 is 2.90 bits per heavy atom. The molecular formula is C16H13BrN2O. The van der Waals surface area contributed by atoms with Gasteiger partial charge in [-0.05, 0) is 51.8 Å². The summed E-state index contributed by atoms with van der Waals surface area (Å²) in [5.74, 6) is 0.747. The summed E-state index contributed by atoms with van der Waals surface area (Å²) in [6.07, 6.45) is 1.79. The van der Waals surface area contributed by atoms with E-state index < -0.39 is 0 Å². The summed E-state index contributed by atoms with van der Waals surface area (Å²) in [4.78, 5) is 4.30. The topological polar surface area (TPSA) is 48.1 Å². The lowest BCUT2D eigenvalue weighted by Crippen LogP contribution is -1.97. The number of nitrogens with zero attached hydrogens (tertiary/aromatic N) is 1. The molecule has 0 radical (unpaired) electrons. The number of halogens is 1. The fourth-order valence-electron chi connectivity index (χ4n) is 2.01. The number of fused-ring (bicyclic) bond motifs is 1. The summed E-state index contributed by atoms with van der Waals surface area (Å²) in [5, 5.41) is 1.11. The van der Waals surface area contributed by atoms with Crippen LogP contribution >= 0.6 is 15.9 Å². The molecule has 1 aromatic heterocycles. The second-order valence-electron chi connectivity index (χ2n) is 4.51. The number of anilines is 1. The van der Waals surface area contributed by atoms with Crippen molar-refractivity contribution < 1.29 is 4.74 Å². The lowest BCUT2D eigenvalue weighted by Gasteiger charge is -2.09. The van der Waals surface area contributed by atoms with Gasteiger partial charge in [0.25, 0.3) is 0 Å². The van der Waals surface area contributed by atoms with Crippen LogP contribution in [0.2, 0.25) is 0 Å².